The summed E-state index contributed by atoms with van der Waals surface area (Å²) in [6.45, 7) is 3.93. The summed E-state index contributed by atoms with van der Waals surface area (Å²) in [6, 6.07) is 22.1. The van der Waals surface area contributed by atoms with E-state index in [1.807, 2.05) is 56.3 Å². The highest BCUT2D eigenvalue weighted by Gasteiger charge is 2.32. The lowest BCUT2D eigenvalue weighted by atomic mass is 10.1. The number of carbonyl (C=O) groups excluding carboxylic acids is 2. The van der Waals surface area contributed by atoms with E-state index in [1.54, 1.807) is 37.5 Å². The van der Waals surface area contributed by atoms with Crippen LogP contribution in [0, 0.1) is 25.2 Å². The van der Waals surface area contributed by atoms with Gasteiger partial charge < -0.3 is 10.1 Å². The molecule has 1 heterocycles. The fourth-order valence-corrected chi connectivity index (χ4v) is 4.58. The van der Waals surface area contributed by atoms with Gasteiger partial charge in [-0.05, 0) is 73.0 Å². The van der Waals surface area contributed by atoms with Crippen molar-refractivity contribution in [3.05, 3.63) is 94.7 Å². The molecule has 0 atom stereocenters. The minimum Gasteiger partial charge on any atom is -0.497 e. The van der Waals surface area contributed by atoms with E-state index in [9.17, 15) is 14.9 Å². The summed E-state index contributed by atoms with van der Waals surface area (Å²) in [7, 11) is 1.60. The number of para-hydroxylation sites is 1. The Morgan fingerprint density at radius 2 is 1.81 bits per heavy atom. The second-order valence-electron chi connectivity index (χ2n) is 8.18. The third-order valence-electron chi connectivity index (χ3n) is 5.37. The minimum atomic E-state index is -0.300. The fraction of sp³-hybridized carbons (Fsp3) is 0.143. The van der Waals surface area contributed by atoms with E-state index in [0.29, 0.717) is 22.1 Å². The predicted molar refractivity (Wildman–Crippen MR) is 144 cm³/mol. The van der Waals surface area contributed by atoms with Crippen LogP contribution in [0.2, 0.25) is 0 Å². The zero-order valence-electron chi connectivity index (χ0n) is 20.1. The Kier molecular flexibility index (Phi) is 7.52. The number of aliphatic imine (C=N–C) groups is 1. The summed E-state index contributed by atoms with van der Waals surface area (Å²) in [5.74, 6) is 0.165. The molecule has 0 saturated carbocycles. The Balaban J connectivity index is 1.60. The average Bonchev–Trinajstić information content (AvgIpc) is 3.17. The summed E-state index contributed by atoms with van der Waals surface area (Å²) in [5, 5.41) is 12.4. The summed E-state index contributed by atoms with van der Waals surface area (Å²) < 4.78 is 5.20. The van der Waals surface area contributed by atoms with Crippen molar-refractivity contribution in [1.29, 1.82) is 5.26 Å². The summed E-state index contributed by atoms with van der Waals surface area (Å²) in [4.78, 5) is 32.3. The van der Waals surface area contributed by atoms with Gasteiger partial charge in [-0.15, -0.1) is 0 Å². The SMILES string of the molecule is COc1ccc(/C=C2/N=C(SCC(=O)Nc3ccccc3C#N)N(c3cc(C)cc(C)c3)C2=O)cc1. The van der Waals surface area contributed by atoms with Crippen LogP contribution in [-0.4, -0.2) is 29.8 Å². The number of carbonyl (C=O) groups is 2. The molecule has 0 spiro atoms. The predicted octanol–water partition coefficient (Wildman–Crippen LogP) is 5.30. The highest BCUT2D eigenvalue weighted by molar-refractivity contribution is 8.14. The molecule has 0 unspecified atom stereocenters. The van der Waals surface area contributed by atoms with E-state index < -0.39 is 0 Å². The average molecular weight is 497 g/mol. The molecule has 180 valence electrons. The van der Waals surface area contributed by atoms with Crippen LogP contribution in [0.25, 0.3) is 6.08 Å². The number of aryl methyl sites for hydroxylation is 2. The quantitative estimate of drug-likeness (QED) is 0.468. The van der Waals surface area contributed by atoms with Crippen molar-refractivity contribution in [2.24, 2.45) is 4.99 Å². The van der Waals surface area contributed by atoms with Gasteiger partial charge in [-0.2, -0.15) is 5.26 Å². The number of anilines is 2. The van der Waals surface area contributed by atoms with Gasteiger partial charge in [-0.3, -0.25) is 14.5 Å². The maximum absolute atomic E-state index is 13.5. The first-order valence-corrected chi connectivity index (χ1v) is 12.2. The molecule has 3 aromatic rings. The Morgan fingerprint density at radius 1 is 1.11 bits per heavy atom. The maximum Gasteiger partial charge on any atom is 0.283 e. The molecule has 36 heavy (non-hydrogen) atoms. The van der Waals surface area contributed by atoms with Gasteiger partial charge in [0.15, 0.2) is 5.17 Å². The lowest BCUT2D eigenvalue weighted by Gasteiger charge is -2.19. The molecular weight excluding hydrogens is 472 g/mol. The minimum absolute atomic E-state index is 0.0169. The highest BCUT2D eigenvalue weighted by atomic mass is 32.2. The van der Waals surface area contributed by atoms with E-state index in [4.69, 9.17) is 4.74 Å². The largest absolute Gasteiger partial charge is 0.497 e. The van der Waals surface area contributed by atoms with E-state index in [2.05, 4.69) is 16.4 Å². The second-order valence-corrected chi connectivity index (χ2v) is 9.12. The number of benzene rings is 3. The van der Waals surface area contributed by atoms with Crippen molar-refractivity contribution in [1.82, 2.24) is 0 Å². The first-order valence-electron chi connectivity index (χ1n) is 11.2. The molecule has 4 rings (SSSR count). The zero-order valence-corrected chi connectivity index (χ0v) is 20.9. The van der Waals surface area contributed by atoms with Gasteiger partial charge in [0.05, 0.1) is 29.8 Å². The molecule has 0 bridgehead atoms. The van der Waals surface area contributed by atoms with Gasteiger partial charge in [0, 0.05) is 0 Å². The molecule has 0 aromatic heterocycles. The van der Waals surface area contributed by atoms with Crippen molar-refractivity contribution in [2.75, 3.05) is 23.1 Å². The van der Waals surface area contributed by atoms with Crippen LogP contribution >= 0.6 is 11.8 Å². The molecule has 2 amide bonds. The Bertz CT molecular complexity index is 1400. The van der Waals surface area contributed by atoms with E-state index in [1.165, 1.54) is 4.90 Å². The van der Waals surface area contributed by atoms with Gasteiger partial charge >= 0.3 is 0 Å². The standard InChI is InChI=1S/C28H24N4O3S/c1-18-12-19(2)14-22(13-18)32-27(34)25(15-20-8-10-23(35-3)11-9-20)31-28(32)36-17-26(33)30-24-7-5-4-6-21(24)16-29/h4-15H,17H2,1-3H3,(H,30,33)/b25-15+. The van der Waals surface area contributed by atoms with Crippen LogP contribution < -0.4 is 15.0 Å². The number of amidine groups is 1. The third-order valence-corrected chi connectivity index (χ3v) is 6.31. The number of ether oxygens (including phenoxy) is 1. The molecule has 0 radical (unpaired) electrons. The smallest absolute Gasteiger partial charge is 0.283 e. The number of nitrogens with one attached hydrogen (secondary N) is 1. The maximum atomic E-state index is 13.5. The molecule has 1 aliphatic heterocycles. The van der Waals surface area contributed by atoms with Crippen LogP contribution in [0.4, 0.5) is 11.4 Å². The van der Waals surface area contributed by atoms with E-state index in [0.717, 1.165) is 34.2 Å². The molecule has 8 heteroatoms. The molecular formula is C28H24N4O3S. The van der Waals surface area contributed by atoms with Crippen LogP contribution in [0.15, 0.2) is 77.4 Å². The Hall–Kier alpha value is -4.35. The number of nitriles is 1. The number of nitrogens with zero attached hydrogens (tertiary/aromatic N) is 3. The molecule has 1 aliphatic rings. The van der Waals surface area contributed by atoms with E-state index >= 15 is 0 Å². The van der Waals surface area contributed by atoms with Gasteiger partial charge in [0.2, 0.25) is 5.91 Å². The lowest BCUT2D eigenvalue weighted by molar-refractivity contribution is -0.114. The molecule has 7 nitrogen and oxygen atoms in total. The Labute approximate surface area is 214 Å². The second kappa shape index (κ2) is 10.9. The zero-order chi connectivity index (χ0) is 25.7. The molecule has 1 N–H and O–H groups in total. The summed E-state index contributed by atoms with van der Waals surface area (Å²) in [5.41, 5.74) is 4.63. The number of amides is 2. The van der Waals surface area contributed by atoms with Crippen molar-refractivity contribution in [3.63, 3.8) is 0 Å². The summed E-state index contributed by atoms with van der Waals surface area (Å²) >= 11 is 1.16. The van der Waals surface area contributed by atoms with Crippen LogP contribution in [0.1, 0.15) is 22.3 Å². The molecule has 3 aromatic carbocycles. The third kappa shape index (κ3) is 5.65. The lowest BCUT2D eigenvalue weighted by Crippen LogP contribution is -2.31. The van der Waals surface area contributed by atoms with Gasteiger partial charge in [0.1, 0.15) is 17.5 Å². The van der Waals surface area contributed by atoms with Gasteiger partial charge in [-0.1, -0.05) is 42.1 Å². The number of hydrogen-bond donors (Lipinski definition) is 1. The van der Waals surface area contributed by atoms with Crippen molar-refractivity contribution < 1.29 is 14.3 Å². The van der Waals surface area contributed by atoms with Gasteiger partial charge in [0.25, 0.3) is 5.91 Å². The summed E-state index contributed by atoms with van der Waals surface area (Å²) in [6.07, 6.45) is 1.72. The highest BCUT2D eigenvalue weighted by Crippen LogP contribution is 2.31. The van der Waals surface area contributed by atoms with Gasteiger partial charge in [-0.25, -0.2) is 4.99 Å². The van der Waals surface area contributed by atoms with Crippen molar-refractivity contribution in [2.45, 2.75) is 13.8 Å². The fourth-order valence-electron chi connectivity index (χ4n) is 3.76. The molecule has 0 saturated heterocycles. The molecule has 0 aliphatic carbocycles. The van der Waals surface area contributed by atoms with Crippen molar-refractivity contribution in [3.8, 4) is 11.8 Å². The first kappa shape index (κ1) is 24.8. The first-order chi connectivity index (χ1) is 17.4. The number of rotatable bonds is 6. The topological polar surface area (TPSA) is 94.8 Å². The van der Waals surface area contributed by atoms with E-state index in [-0.39, 0.29) is 23.3 Å². The van der Waals surface area contributed by atoms with Crippen LogP contribution in [-0.2, 0) is 9.59 Å². The normalized spacial score (nSPS) is 13.9. The van der Waals surface area contributed by atoms with Crippen LogP contribution in [0.3, 0.4) is 0 Å². The number of thioether (sulfide) groups is 1. The Morgan fingerprint density at radius 3 is 2.47 bits per heavy atom. The molecule has 0 fully saturated rings. The van der Waals surface area contributed by atoms with Crippen LogP contribution in [0.5, 0.6) is 5.75 Å². The number of hydrogen-bond acceptors (Lipinski definition) is 6. The monoisotopic (exact) mass is 496 g/mol. The number of methoxy groups -OCH3 is 1. The van der Waals surface area contributed by atoms with Crippen molar-refractivity contribution >= 4 is 46.2 Å².